The number of methoxy groups -OCH3 is 1. The van der Waals surface area contributed by atoms with E-state index in [0.29, 0.717) is 17.6 Å². The van der Waals surface area contributed by atoms with Crippen LogP contribution in [0.3, 0.4) is 0 Å². The average molecular weight is 424 g/mol. The van der Waals surface area contributed by atoms with Crippen LogP contribution in [0.25, 0.3) is 22.0 Å². The summed E-state index contributed by atoms with van der Waals surface area (Å²) in [5, 5.41) is 4.94. The fourth-order valence-electron chi connectivity index (χ4n) is 2.07. The molecule has 2 heterocycles. The monoisotopic (exact) mass is 423 g/mol. The normalized spacial score (nSPS) is 11.8. The first kappa shape index (κ1) is 14.1. The molecule has 0 aliphatic carbocycles. The van der Waals surface area contributed by atoms with Crippen molar-refractivity contribution < 1.29 is 9.13 Å². The van der Waals surface area contributed by atoms with Gasteiger partial charge in [-0.3, -0.25) is 0 Å². The zero-order valence-electron chi connectivity index (χ0n) is 10.2. The lowest BCUT2D eigenvalue weighted by Crippen LogP contribution is -1.88. The van der Waals surface area contributed by atoms with Crippen molar-refractivity contribution in [2.24, 2.45) is 0 Å². The molecule has 0 spiro atoms. The van der Waals surface area contributed by atoms with E-state index < -0.39 is 5.82 Å². The van der Waals surface area contributed by atoms with Crippen LogP contribution in [0, 0.1) is 5.82 Å². The van der Waals surface area contributed by atoms with Crippen LogP contribution >= 0.6 is 40.0 Å². The lowest BCUT2D eigenvalue weighted by Gasteiger charge is -2.05. The number of hydrogen-bond acceptors (Lipinski definition) is 2. The number of hydrogen-bond donors (Lipinski definition) is 1. The number of ether oxygens (including phenoxy) is 1. The molecule has 1 unspecified atom stereocenters. The number of nitrogens with zero attached hydrogens (tertiary/aromatic N) is 2. The van der Waals surface area contributed by atoms with Gasteiger partial charge < -0.3 is 9.72 Å². The molecule has 3 aromatic rings. The smallest absolute Gasteiger partial charge is 0.169 e. The third-order valence-corrected chi connectivity index (χ3v) is 5.28. The highest BCUT2D eigenvalue weighted by Gasteiger charge is 2.17. The van der Waals surface area contributed by atoms with Gasteiger partial charge in [0.15, 0.2) is 5.82 Å². The molecule has 1 aromatic carbocycles. The highest BCUT2D eigenvalue weighted by molar-refractivity contribution is 14.2. The van der Waals surface area contributed by atoms with E-state index in [1.165, 1.54) is 7.11 Å². The van der Waals surface area contributed by atoms with Crippen molar-refractivity contribution in [2.75, 3.05) is 7.11 Å². The summed E-state index contributed by atoms with van der Waals surface area (Å²) in [5.74, 6) is -0.184. The number of rotatable bonds is 3. The molecule has 0 radical (unpaired) electrons. The second-order valence-electron chi connectivity index (χ2n) is 4.09. The molecule has 104 valence electrons. The maximum atomic E-state index is 14.2. The van der Waals surface area contributed by atoms with Crippen LogP contribution in [0.4, 0.5) is 4.39 Å². The molecular weight excluding hydrogens is 414 g/mol. The van der Waals surface area contributed by atoms with E-state index in [2.05, 4.69) is 32.1 Å². The summed E-state index contributed by atoms with van der Waals surface area (Å²) in [4.78, 5) is 2.92. The maximum absolute atomic E-state index is 14.2. The summed E-state index contributed by atoms with van der Waals surface area (Å²) in [5.41, 5.74) is 2.16. The van der Waals surface area contributed by atoms with E-state index in [1.54, 1.807) is 18.5 Å². The van der Waals surface area contributed by atoms with E-state index in [1.807, 2.05) is 10.6 Å². The van der Waals surface area contributed by atoms with Gasteiger partial charge in [-0.25, -0.2) is 8.84 Å². The first-order valence-corrected chi connectivity index (χ1v) is 10.0. The number of fused-ring (bicyclic) bond motifs is 1. The van der Waals surface area contributed by atoms with Crippen LogP contribution in [0.1, 0.15) is 0 Å². The molecule has 8 heteroatoms. The predicted molar refractivity (Wildman–Crippen MR) is 88.8 cm³/mol. The van der Waals surface area contributed by atoms with E-state index in [-0.39, 0.29) is 5.02 Å². The fourth-order valence-corrected chi connectivity index (χ4v) is 3.38. The van der Waals surface area contributed by atoms with Crippen LogP contribution in [0.15, 0.2) is 24.7 Å². The van der Waals surface area contributed by atoms with Crippen molar-refractivity contribution in [1.82, 2.24) is 14.5 Å². The Labute approximate surface area is 134 Å². The molecule has 0 bridgehead atoms. The Balaban J connectivity index is 2.24. The van der Waals surface area contributed by atoms with Crippen molar-refractivity contribution in [3.05, 3.63) is 35.5 Å². The summed E-state index contributed by atoms with van der Waals surface area (Å²) < 4.78 is 21.1. The molecule has 4 nitrogen and oxygen atoms in total. The lowest BCUT2D eigenvalue weighted by molar-refractivity contribution is 0.412. The first-order chi connectivity index (χ1) is 9.65. The molecule has 20 heavy (non-hydrogen) atoms. The number of aromatic nitrogens is 3. The Morgan fingerprint density at radius 3 is 3.00 bits per heavy atom. The van der Waals surface area contributed by atoms with Crippen molar-refractivity contribution in [3.8, 4) is 16.9 Å². The van der Waals surface area contributed by atoms with Gasteiger partial charge in [0.25, 0.3) is 0 Å². The van der Waals surface area contributed by atoms with Crippen LogP contribution in [0.5, 0.6) is 5.75 Å². The highest BCUT2D eigenvalue weighted by atomic mass is 127. The summed E-state index contributed by atoms with van der Waals surface area (Å²) in [6, 6.07) is 1.73. The molecule has 1 N–H and O–H groups in total. The van der Waals surface area contributed by atoms with Gasteiger partial charge in [0.1, 0.15) is 10.8 Å². The Hall–Kier alpha value is -0.850. The Kier molecular flexibility index (Phi) is 3.88. The largest absolute Gasteiger partial charge is 0.495 e. The maximum Gasteiger partial charge on any atom is 0.169 e. The molecule has 0 fully saturated rings. The number of halogens is 3. The van der Waals surface area contributed by atoms with Gasteiger partial charge in [-0.1, -0.05) is 11.6 Å². The molecule has 0 aliphatic rings. The second-order valence-corrected chi connectivity index (χ2v) is 6.54. The van der Waals surface area contributed by atoms with E-state index in [4.69, 9.17) is 16.3 Å². The van der Waals surface area contributed by atoms with Gasteiger partial charge >= 0.3 is 0 Å². The highest BCUT2D eigenvalue weighted by Crippen LogP contribution is 2.38. The number of H-pyrrole nitrogens is 1. The second kappa shape index (κ2) is 5.50. The van der Waals surface area contributed by atoms with Crippen LogP contribution in [-0.4, -0.2) is 21.6 Å². The van der Waals surface area contributed by atoms with Gasteiger partial charge in [0.05, 0.1) is 25.2 Å². The van der Waals surface area contributed by atoms with Crippen LogP contribution in [-0.2, 0) is 0 Å². The summed E-state index contributed by atoms with van der Waals surface area (Å²) in [7, 11) is 1.47. The number of aromatic amines is 1. The van der Waals surface area contributed by atoms with Crippen molar-refractivity contribution in [3.63, 3.8) is 0 Å². The van der Waals surface area contributed by atoms with Crippen molar-refractivity contribution in [2.45, 2.75) is 0 Å². The number of nitrogens with one attached hydrogen (secondary N) is 1. The fraction of sp³-hybridized carbons (Fsp3) is 0.0833. The van der Waals surface area contributed by atoms with Gasteiger partial charge in [-0.05, 0) is 28.1 Å². The first-order valence-electron chi connectivity index (χ1n) is 5.60. The van der Waals surface area contributed by atoms with Gasteiger partial charge in [0.2, 0.25) is 0 Å². The summed E-state index contributed by atoms with van der Waals surface area (Å²) in [6.07, 6.45) is 5.95. The van der Waals surface area contributed by atoms with Crippen LogP contribution < -0.4 is 4.74 Å². The Morgan fingerprint density at radius 2 is 2.35 bits per heavy atom. The molecule has 1 atom stereocenters. The van der Waals surface area contributed by atoms with E-state index >= 15 is 0 Å². The minimum atomic E-state index is -0.504. The minimum Gasteiger partial charge on any atom is -0.495 e. The topological polar surface area (TPSA) is 42.8 Å². The molecule has 0 saturated heterocycles. The van der Waals surface area contributed by atoms with Crippen molar-refractivity contribution >= 4 is 50.9 Å². The molecule has 3 rings (SSSR count). The molecule has 2 aromatic heterocycles. The SMILES string of the molecule is COc1cc2c(-c3cnn(PI)c3)c[nH]c2c(F)c1Cl. The molecule has 0 saturated carbocycles. The average Bonchev–Trinajstić information content (AvgIpc) is 3.08. The predicted octanol–water partition coefficient (Wildman–Crippen LogP) is 4.62. The quantitative estimate of drug-likeness (QED) is 0.493. The van der Waals surface area contributed by atoms with Gasteiger partial charge in [-0.2, -0.15) is 5.10 Å². The molecule has 0 aliphatic heterocycles. The summed E-state index contributed by atoms with van der Waals surface area (Å²) in [6.45, 7) is 0. The van der Waals surface area contributed by atoms with E-state index in [0.717, 1.165) is 16.5 Å². The third-order valence-electron chi connectivity index (χ3n) is 3.02. The van der Waals surface area contributed by atoms with Gasteiger partial charge in [0, 0.05) is 28.9 Å². The summed E-state index contributed by atoms with van der Waals surface area (Å²) >= 11 is 8.16. The minimum absolute atomic E-state index is 0.0159. The standard InChI is InChI=1S/C12H9ClFIN3OP/c1-19-9-2-7-8(6-3-17-18(5-6)20-15)4-16-12(7)11(14)10(9)13/h2-5,16,20H,1H3. The lowest BCUT2D eigenvalue weighted by atomic mass is 10.1. The van der Waals surface area contributed by atoms with Gasteiger partial charge in [-0.15, -0.1) is 0 Å². The number of benzene rings is 1. The Bertz CT molecular complexity index is 788. The Morgan fingerprint density at radius 1 is 1.55 bits per heavy atom. The van der Waals surface area contributed by atoms with Crippen molar-refractivity contribution in [1.29, 1.82) is 0 Å². The van der Waals surface area contributed by atoms with E-state index in [9.17, 15) is 4.39 Å². The zero-order valence-corrected chi connectivity index (χ0v) is 14.2. The molecular formula is C12H9ClFIN3OP. The molecule has 0 amide bonds. The third kappa shape index (κ3) is 2.19. The zero-order chi connectivity index (χ0) is 14.3. The van der Waals surface area contributed by atoms with Crippen LogP contribution in [0.2, 0.25) is 5.02 Å².